The van der Waals surface area contributed by atoms with E-state index in [-0.39, 0.29) is 0 Å². The molecule has 1 aliphatic rings. The summed E-state index contributed by atoms with van der Waals surface area (Å²) in [4.78, 5) is 0. The zero-order valence-corrected chi connectivity index (χ0v) is 12.8. The highest BCUT2D eigenvalue weighted by atomic mass is 15.3. The van der Waals surface area contributed by atoms with Gasteiger partial charge < -0.3 is 9.88 Å². The van der Waals surface area contributed by atoms with Crippen molar-refractivity contribution >= 4 is 0 Å². The third kappa shape index (κ3) is 3.35. The van der Waals surface area contributed by atoms with Crippen molar-refractivity contribution in [2.45, 2.75) is 72.5 Å². The Morgan fingerprint density at radius 1 is 1.26 bits per heavy atom. The van der Waals surface area contributed by atoms with Crippen molar-refractivity contribution in [3.05, 3.63) is 11.6 Å². The largest absolute Gasteiger partial charge is 0.314 e. The van der Waals surface area contributed by atoms with Crippen LogP contribution in [0, 0.1) is 18.8 Å². The molecule has 1 heterocycles. The fourth-order valence-corrected chi connectivity index (χ4v) is 3.40. The Hall–Kier alpha value is -0.900. The van der Waals surface area contributed by atoms with E-state index in [9.17, 15) is 0 Å². The second-order valence-corrected chi connectivity index (χ2v) is 6.09. The van der Waals surface area contributed by atoms with Gasteiger partial charge in [-0.2, -0.15) is 0 Å². The lowest BCUT2D eigenvalue weighted by atomic mass is 9.78. The van der Waals surface area contributed by atoms with Gasteiger partial charge in [-0.3, -0.25) is 0 Å². The van der Waals surface area contributed by atoms with Gasteiger partial charge in [-0.05, 0) is 38.5 Å². The Balaban J connectivity index is 1.96. The lowest BCUT2D eigenvalue weighted by molar-refractivity contribution is 0.203. The Bertz CT molecular complexity index is 397. The standard InChI is InChI=1S/C15H28N4/c1-5-19-12(4)17-18-15(19)10-16-14-9-7-6-8-13(14)11(2)3/h11,13-14,16H,5-10H2,1-4H3. The molecule has 0 saturated heterocycles. The minimum atomic E-state index is 0.649. The van der Waals surface area contributed by atoms with Gasteiger partial charge in [-0.15, -0.1) is 10.2 Å². The molecule has 1 aromatic rings. The molecule has 2 unspecified atom stereocenters. The van der Waals surface area contributed by atoms with E-state index in [0.717, 1.165) is 36.6 Å². The van der Waals surface area contributed by atoms with Crippen molar-refractivity contribution in [1.82, 2.24) is 20.1 Å². The zero-order valence-electron chi connectivity index (χ0n) is 12.8. The molecule has 1 fully saturated rings. The summed E-state index contributed by atoms with van der Waals surface area (Å²) in [5.41, 5.74) is 0. The second kappa shape index (κ2) is 6.51. The Kier molecular flexibility index (Phi) is 4.97. The van der Waals surface area contributed by atoms with Crippen LogP contribution in [-0.2, 0) is 13.1 Å². The van der Waals surface area contributed by atoms with Gasteiger partial charge in [-0.1, -0.05) is 26.7 Å². The maximum atomic E-state index is 4.29. The van der Waals surface area contributed by atoms with Crippen molar-refractivity contribution in [1.29, 1.82) is 0 Å². The molecule has 1 aromatic heterocycles. The molecule has 1 N–H and O–H groups in total. The van der Waals surface area contributed by atoms with Crippen LogP contribution in [0.1, 0.15) is 58.1 Å². The fourth-order valence-electron chi connectivity index (χ4n) is 3.40. The maximum Gasteiger partial charge on any atom is 0.146 e. The summed E-state index contributed by atoms with van der Waals surface area (Å²) in [6.07, 6.45) is 5.43. The Morgan fingerprint density at radius 3 is 2.68 bits per heavy atom. The normalized spacial score (nSPS) is 24.1. The van der Waals surface area contributed by atoms with Gasteiger partial charge in [0.2, 0.25) is 0 Å². The third-order valence-electron chi connectivity index (χ3n) is 4.53. The predicted molar refractivity (Wildman–Crippen MR) is 77.9 cm³/mol. The van der Waals surface area contributed by atoms with Crippen LogP contribution >= 0.6 is 0 Å². The van der Waals surface area contributed by atoms with E-state index in [1.807, 2.05) is 6.92 Å². The number of nitrogens with one attached hydrogen (secondary N) is 1. The lowest BCUT2D eigenvalue weighted by Crippen LogP contribution is -2.40. The highest BCUT2D eigenvalue weighted by Gasteiger charge is 2.27. The zero-order chi connectivity index (χ0) is 13.8. The Morgan fingerprint density at radius 2 is 2.00 bits per heavy atom. The van der Waals surface area contributed by atoms with Gasteiger partial charge in [0, 0.05) is 12.6 Å². The third-order valence-corrected chi connectivity index (χ3v) is 4.53. The topological polar surface area (TPSA) is 42.7 Å². The first-order chi connectivity index (χ1) is 9.13. The van der Waals surface area contributed by atoms with Crippen LogP contribution in [0.25, 0.3) is 0 Å². The predicted octanol–water partition coefficient (Wildman–Crippen LogP) is 2.91. The Labute approximate surface area is 117 Å². The van der Waals surface area contributed by atoms with E-state index in [1.54, 1.807) is 0 Å². The van der Waals surface area contributed by atoms with Crippen LogP contribution in [0.2, 0.25) is 0 Å². The van der Waals surface area contributed by atoms with E-state index in [4.69, 9.17) is 0 Å². The molecular formula is C15H28N4. The van der Waals surface area contributed by atoms with Gasteiger partial charge in [0.25, 0.3) is 0 Å². The number of nitrogens with zero attached hydrogens (tertiary/aromatic N) is 3. The molecule has 1 saturated carbocycles. The molecule has 2 atom stereocenters. The number of rotatable bonds is 5. The van der Waals surface area contributed by atoms with E-state index in [2.05, 4.69) is 40.9 Å². The average molecular weight is 264 g/mol. The van der Waals surface area contributed by atoms with E-state index in [0.29, 0.717) is 6.04 Å². The number of hydrogen-bond donors (Lipinski definition) is 1. The van der Waals surface area contributed by atoms with Crippen molar-refractivity contribution in [3.8, 4) is 0 Å². The molecule has 1 aliphatic carbocycles. The summed E-state index contributed by atoms with van der Waals surface area (Å²) in [6.45, 7) is 10.7. The average Bonchev–Trinajstić information content (AvgIpc) is 2.77. The molecule has 108 valence electrons. The van der Waals surface area contributed by atoms with E-state index < -0.39 is 0 Å². The van der Waals surface area contributed by atoms with Crippen LogP contribution in [-0.4, -0.2) is 20.8 Å². The lowest BCUT2D eigenvalue weighted by Gasteiger charge is -2.35. The summed E-state index contributed by atoms with van der Waals surface area (Å²) in [6, 6.07) is 0.649. The minimum Gasteiger partial charge on any atom is -0.314 e. The quantitative estimate of drug-likeness (QED) is 0.889. The van der Waals surface area contributed by atoms with Gasteiger partial charge in [-0.25, -0.2) is 0 Å². The van der Waals surface area contributed by atoms with Crippen LogP contribution in [0.3, 0.4) is 0 Å². The van der Waals surface area contributed by atoms with E-state index >= 15 is 0 Å². The van der Waals surface area contributed by atoms with Gasteiger partial charge in [0.15, 0.2) is 0 Å². The van der Waals surface area contributed by atoms with Crippen LogP contribution < -0.4 is 5.32 Å². The molecule has 0 aliphatic heterocycles. The van der Waals surface area contributed by atoms with Crippen molar-refractivity contribution in [2.75, 3.05) is 0 Å². The summed E-state index contributed by atoms with van der Waals surface area (Å²) >= 11 is 0. The minimum absolute atomic E-state index is 0.649. The smallest absolute Gasteiger partial charge is 0.146 e. The highest BCUT2D eigenvalue weighted by molar-refractivity contribution is 4.94. The second-order valence-electron chi connectivity index (χ2n) is 6.09. The first-order valence-corrected chi connectivity index (χ1v) is 7.75. The molecular weight excluding hydrogens is 236 g/mol. The summed E-state index contributed by atoms with van der Waals surface area (Å²) < 4.78 is 2.19. The molecule has 0 radical (unpaired) electrons. The van der Waals surface area contributed by atoms with Crippen LogP contribution in [0.5, 0.6) is 0 Å². The highest BCUT2D eigenvalue weighted by Crippen LogP contribution is 2.30. The molecule has 19 heavy (non-hydrogen) atoms. The monoisotopic (exact) mass is 264 g/mol. The molecule has 4 heteroatoms. The number of aryl methyl sites for hydroxylation is 1. The summed E-state index contributed by atoms with van der Waals surface area (Å²) in [5.74, 6) is 3.67. The fraction of sp³-hybridized carbons (Fsp3) is 0.867. The van der Waals surface area contributed by atoms with Crippen molar-refractivity contribution in [2.24, 2.45) is 11.8 Å². The molecule has 0 aromatic carbocycles. The van der Waals surface area contributed by atoms with Gasteiger partial charge >= 0.3 is 0 Å². The van der Waals surface area contributed by atoms with E-state index in [1.165, 1.54) is 25.7 Å². The molecule has 0 amide bonds. The van der Waals surface area contributed by atoms with Crippen molar-refractivity contribution in [3.63, 3.8) is 0 Å². The number of hydrogen-bond acceptors (Lipinski definition) is 3. The van der Waals surface area contributed by atoms with Gasteiger partial charge in [0.1, 0.15) is 11.6 Å². The van der Waals surface area contributed by atoms with Crippen LogP contribution in [0.15, 0.2) is 0 Å². The molecule has 4 nitrogen and oxygen atoms in total. The van der Waals surface area contributed by atoms with Gasteiger partial charge in [0.05, 0.1) is 6.54 Å². The van der Waals surface area contributed by atoms with Crippen molar-refractivity contribution < 1.29 is 0 Å². The molecule has 2 rings (SSSR count). The summed E-state index contributed by atoms with van der Waals surface area (Å²) in [5, 5.41) is 12.2. The first kappa shape index (κ1) is 14.5. The molecule has 0 bridgehead atoms. The molecule has 0 spiro atoms. The number of aromatic nitrogens is 3. The van der Waals surface area contributed by atoms with Crippen LogP contribution in [0.4, 0.5) is 0 Å². The summed E-state index contributed by atoms with van der Waals surface area (Å²) in [7, 11) is 0. The first-order valence-electron chi connectivity index (χ1n) is 7.75. The maximum absolute atomic E-state index is 4.29. The SMILES string of the molecule is CCn1c(C)nnc1CNC1CCCCC1C(C)C.